The lowest BCUT2D eigenvalue weighted by molar-refractivity contribution is -0.384. The topological polar surface area (TPSA) is 75.5 Å². The van der Waals surface area contributed by atoms with Crippen LogP contribution in [0.3, 0.4) is 0 Å². The highest BCUT2D eigenvalue weighted by Crippen LogP contribution is 2.23. The smallest absolute Gasteiger partial charge is 0.271 e. The Morgan fingerprint density at radius 2 is 1.92 bits per heavy atom. The van der Waals surface area contributed by atoms with Crippen LogP contribution in [0.25, 0.3) is 0 Å². The summed E-state index contributed by atoms with van der Waals surface area (Å²) in [6.45, 7) is 3.47. The molecule has 8 heteroatoms. The molecular weight excluding hydrogens is 344 g/mol. The number of carbonyl (C=O) groups excluding carboxylic acids is 1. The maximum absolute atomic E-state index is 13.4. The van der Waals surface area contributed by atoms with Crippen molar-refractivity contribution >= 4 is 17.3 Å². The average Bonchev–Trinajstić information content (AvgIpc) is 2.58. The number of likely N-dealkylation sites (N-methyl/N-ethyl adjacent to an activating group) is 1. The number of rotatable bonds is 6. The minimum absolute atomic E-state index is 0.0255. The van der Waals surface area contributed by atoms with Crippen LogP contribution in [0.1, 0.15) is 24.1 Å². The van der Waals surface area contributed by atoms with Gasteiger partial charge < -0.3 is 5.32 Å². The van der Waals surface area contributed by atoms with Crippen LogP contribution in [0.15, 0.2) is 36.4 Å². The number of halogens is 2. The lowest BCUT2D eigenvalue weighted by atomic mass is 10.1. The Balaban J connectivity index is 2.06. The first-order valence-electron chi connectivity index (χ1n) is 7.89. The first-order chi connectivity index (χ1) is 12.2. The van der Waals surface area contributed by atoms with Crippen molar-refractivity contribution in [1.82, 2.24) is 4.90 Å². The molecule has 26 heavy (non-hydrogen) atoms. The Hall–Kier alpha value is -2.87. The van der Waals surface area contributed by atoms with Gasteiger partial charge in [0.25, 0.3) is 5.69 Å². The molecule has 0 aliphatic heterocycles. The Kier molecular flexibility index (Phi) is 5.99. The van der Waals surface area contributed by atoms with Gasteiger partial charge in [0.15, 0.2) is 11.6 Å². The van der Waals surface area contributed by atoms with Gasteiger partial charge in [-0.15, -0.1) is 0 Å². The molecule has 0 unspecified atom stereocenters. The molecule has 0 saturated heterocycles. The number of benzene rings is 2. The largest absolute Gasteiger partial charge is 0.324 e. The van der Waals surface area contributed by atoms with Gasteiger partial charge in [-0.25, -0.2) is 8.78 Å². The zero-order chi connectivity index (χ0) is 19.4. The molecule has 6 nitrogen and oxygen atoms in total. The summed E-state index contributed by atoms with van der Waals surface area (Å²) in [4.78, 5) is 24.2. The Labute approximate surface area is 149 Å². The number of hydrogen-bond donors (Lipinski definition) is 1. The zero-order valence-electron chi connectivity index (χ0n) is 14.6. The number of nitro benzene ring substituents is 1. The van der Waals surface area contributed by atoms with Crippen LogP contribution in [0.5, 0.6) is 0 Å². The molecule has 0 saturated carbocycles. The number of non-ortho nitro benzene ring substituents is 1. The number of nitro groups is 1. The normalized spacial score (nSPS) is 12.1. The van der Waals surface area contributed by atoms with Crippen molar-refractivity contribution in [2.24, 2.45) is 0 Å². The quantitative estimate of drug-likeness (QED) is 0.625. The minimum atomic E-state index is -0.945. The van der Waals surface area contributed by atoms with E-state index in [1.807, 2.05) is 0 Å². The van der Waals surface area contributed by atoms with Gasteiger partial charge in [0, 0.05) is 18.2 Å². The van der Waals surface area contributed by atoms with Crippen molar-refractivity contribution in [3.63, 3.8) is 0 Å². The summed E-state index contributed by atoms with van der Waals surface area (Å²) < 4.78 is 26.4. The van der Waals surface area contributed by atoms with Crippen molar-refractivity contribution in [2.75, 3.05) is 18.9 Å². The predicted molar refractivity (Wildman–Crippen MR) is 93.9 cm³/mol. The van der Waals surface area contributed by atoms with Crippen molar-refractivity contribution in [2.45, 2.75) is 19.9 Å². The van der Waals surface area contributed by atoms with E-state index < -0.39 is 16.6 Å². The van der Waals surface area contributed by atoms with Gasteiger partial charge in [-0.2, -0.15) is 0 Å². The molecule has 0 spiro atoms. The Bertz CT molecular complexity index is 842. The fourth-order valence-corrected chi connectivity index (χ4v) is 2.44. The Morgan fingerprint density at radius 3 is 2.54 bits per heavy atom. The molecule has 1 atom stereocenters. The van der Waals surface area contributed by atoms with Crippen LogP contribution in [0.2, 0.25) is 0 Å². The summed E-state index contributed by atoms with van der Waals surface area (Å²) in [6, 6.07) is 7.49. The van der Waals surface area contributed by atoms with E-state index in [9.17, 15) is 23.7 Å². The lowest BCUT2D eigenvalue weighted by Crippen LogP contribution is -2.32. The summed E-state index contributed by atoms with van der Waals surface area (Å²) in [5.74, 6) is -2.24. The van der Waals surface area contributed by atoms with Crippen LogP contribution in [0, 0.1) is 28.7 Å². The molecule has 1 amide bonds. The van der Waals surface area contributed by atoms with Crippen LogP contribution >= 0.6 is 0 Å². The van der Waals surface area contributed by atoms with Gasteiger partial charge in [-0.3, -0.25) is 19.8 Å². The molecular formula is C18H19F2N3O3. The number of aryl methyl sites for hydroxylation is 1. The van der Waals surface area contributed by atoms with E-state index in [-0.39, 0.29) is 24.2 Å². The van der Waals surface area contributed by atoms with Gasteiger partial charge in [0.05, 0.1) is 17.2 Å². The van der Waals surface area contributed by atoms with Crippen LogP contribution in [-0.2, 0) is 4.79 Å². The fraction of sp³-hybridized carbons (Fsp3) is 0.278. The average molecular weight is 363 g/mol. The number of hydrogen-bond acceptors (Lipinski definition) is 4. The lowest BCUT2D eigenvalue weighted by Gasteiger charge is -2.24. The maximum Gasteiger partial charge on any atom is 0.271 e. The van der Waals surface area contributed by atoms with Crippen LogP contribution < -0.4 is 5.32 Å². The highest BCUT2D eigenvalue weighted by molar-refractivity contribution is 5.93. The highest BCUT2D eigenvalue weighted by Gasteiger charge is 2.18. The first kappa shape index (κ1) is 19.5. The monoisotopic (exact) mass is 363 g/mol. The molecule has 0 heterocycles. The summed E-state index contributed by atoms with van der Waals surface area (Å²) >= 11 is 0. The fourth-order valence-electron chi connectivity index (χ4n) is 2.44. The van der Waals surface area contributed by atoms with Gasteiger partial charge in [0.2, 0.25) is 5.91 Å². The standard InChI is InChI=1S/C18H19F2N3O3/c1-11-4-6-14(23(25)26)9-17(11)21-18(24)10-22(3)12(2)13-5-7-15(19)16(20)8-13/h4-9,12H,10H2,1-3H3,(H,21,24)/t12-/m1/s1. The van der Waals surface area contributed by atoms with Crippen LogP contribution in [0.4, 0.5) is 20.2 Å². The minimum Gasteiger partial charge on any atom is -0.324 e. The molecule has 2 aromatic rings. The molecule has 0 radical (unpaired) electrons. The summed E-state index contributed by atoms with van der Waals surface area (Å²) in [5, 5.41) is 13.5. The number of anilines is 1. The summed E-state index contributed by atoms with van der Waals surface area (Å²) in [6.07, 6.45) is 0. The maximum atomic E-state index is 13.4. The molecule has 2 rings (SSSR count). The van der Waals surface area contributed by atoms with Crippen molar-refractivity contribution in [3.8, 4) is 0 Å². The SMILES string of the molecule is Cc1ccc([N+](=O)[O-])cc1NC(=O)CN(C)[C@H](C)c1ccc(F)c(F)c1. The van der Waals surface area contributed by atoms with E-state index in [0.717, 1.165) is 12.1 Å². The van der Waals surface area contributed by atoms with E-state index in [1.165, 1.54) is 18.2 Å². The van der Waals surface area contributed by atoms with Gasteiger partial charge in [-0.1, -0.05) is 12.1 Å². The molecule has 0 bridgehead atoms. The van der Waals surface area contributed by atoms with E-state index >= 15 is 0 Å². The molecule has 138 valence electrons. The second kappa shape index (κ2) is 8.01. The second-order valence-electron chi connectivity index (χ2n) is 6.07. The number of amides is 1. The zero-order valence-corrected chi connectivity index (χ0v) is 14.6. The molecule has 0 aromatic heterocycles. The third-order valence-corrected chi connectivity index (χ3v) is 4.19. The van der Waals surface area contributed by atoms with Crippen LogP contribution in [-0.4, -0.2) is 29.3 Å². The van der Waals surface area contributed by atoms with Crippen molar-refractivity contribution < 1.29 is 18.5 Å². The molecule has 0 fully saturated rings. The van der Waals surface area contributed by atoms with Gasteiger partial charge in [-0.05, 0) is 44.2 Å². The van der Waals surface area contributed by atoms with E-state index in [2.05, 4.69) is 5.32 Å². The molecule has 0 aliphatic rings. The second-order valence-corrected chi connectivity index (χ2v) is 6.07. The molecule has 1 N–H and O–H groups in total. The van der Waals surface area contributed by atoms with E-state index in [1.54, 1.807) is 31.9 Å². The van der Waals surface area contributed by atoms with E-state index in [4.69, 9.17) is 0 Å². The first-order valence-corrected chi connectivity index (χ1v) is 7.89. The van der Waals surface area contributed by atoms with E-state index in [0.29, 0.717) is 16.8 Å². The van der Waals surface area contributed by atoms with Gasteiger partial charge >= 0.3 is 0 Å². The highest BCUT2D eigenvalue weighted by atomic mass is 19.2. The van der Waals surface area contributed by atoms with Crippen molar-refractivity contribution in [3.05, 3.63) is 69.3 Å². The predicted octanol–water partition coefficient (Wildman–Crippen LogP) is 3.81. The molecule has 0 aliphatic carbocycles. The number of nitrogens with zero attached hydrogens (tertiary/aromatic N) is 2. The summed E-state index contributed by atoms with van der Waals surface area (Å²) in [5.41, 5.74) is 1.47. The Morgan fingerprint density at radius 1 is 1.23 bits per heavy atom. The van der Waals surface area contributed by atoms with Crippen molar-refractivity contribution in [1.29, 1.82) is 0 Å². The number of nitrogens with one attached hydrogen (secondary N) is 1. The number of carbonyl (C=O) groups is 1. The third kappa shape index (κ3) is 4.60. The third-order valence-electron chi connectivity index (χ3n) is 4.19. The summed E-state index contributed by atoms with van der Waals surface area (Å²) in [7, 11) is 1.67. The molecule has 2 aromatic carbocycles. The van der Waals surface area contributed by atoms with Gasteiger partial charge in [0.1, 0.15) is 0 Å².